The van der Waals surface area contributed by atoms with Crippen molar-refractivity contribution in [3.8, 4) is 5.88 Å². The second kappa shape index (κ2) is 10.9. The number of hydrogen-bond donors (Lipinski definition) is 2. The SMILES string of the molecule is CN=C(NCCOc1ncccc1Cl)NCc1cc(Cl)c(Cl)n1C.I. The molecule has 2 rings (SSSR count). The van der Waals surface area contributed by atoms with Crippen LogP contribution in [0.1, 0.15) is 5.69 Å². The lowest BCUT2D eigenvalue weighted by molar-refractivity contribution is 0.310. The summed E-state index contributed by atoms with van der Waals surface area (Å²) in [5.74, 6) is 1.05. The van der Waals surface area contributed by atoms with Gasteiger partial charge in [0.05, 0.1) is 18.1 Å². The van der Waals surface area contributed by atoms with Crippen LogP contribution in [0.15, 0.2) is 29.4 Å². The van der Waals surface area contributed by atoms with Gasteiger partial charge in [-0.3, -0.25) is 4.99 Å². The second-order valence-electron chi connectivity index (χ2n) is 4.82. The summed E-state index contributed by atoms with van der Waals surface area (Å²) in [6.45, 7) is 1.48. The van der Waals surface area contributed by atoms with Crippen LogP contribution in [0.3, 0.4) is 0 Å². The van der Waals surface area contributed by atoms with Crippen LogP contribution in [0.5, 0.6) is 5.88 Å². The number of ether oxygens (including phenoxy) is 1. The van der Waals surface area contributed by atoms with Crippen molar-refractivity contribution in [1.82, 2.24) is 20.2 Å². The van der Waals surface area contributed by atoms with Gasteiger partial charge in [-0.15, -0.1) is 24.0 Å². The molecule has 10 heteroatoms. The number of guanidine groups is 1. The summed E-state index contributed by atoms with van der Waals surface area (Å²) in [6.07, 6.45) is 1.63. The molecule has 0 saturated carbocycles. The number of halogens is 4. The molecule has 2 aromatic rings. The number of aromatic nitrogens is 2. The number of aliphatic imine (C=N–C) groups is 1. The van der Waals surface area contributed by atoms with Crippen LogP contribution >= 0.6 is 58.8 Å². The molecule has 25 heavy (non-hydrogen) atoms. The summed E-state index contributed by atoms with van der Waals surface area (Å²) < 4.78 is 7.32. The Hall–Kier alpha value is -0.900. The number of nitrogens with one attached hydrogen (secondary N) is 2. The first-order valence-electron chi connectivity index (χ1n) is 7.20. The Balaban J connectivity index is 0.00000312. The van der Waals surface area contributed by atoms with E-state index in [-0.39, 0.29) is 24.0 Å². The molecule has 0 aliphatic heterocycles. The quantitative estimate of drug-likeness (QED) is 0.265. The van der Waals surface area contributed by atoms with Gasteiger partial charge in [0.25, 0.3) is 0 Å². The standard InChI is InChI=1S/C15H18Cl3N5O.HI/c1-19-15(22-9-10-8-12(17)13(18)23(10)2)21-6-7-24-14-11(16)4-3-5-20-14;/h3-5,8H,6-7,9H2,1-2H3,(H2,19,21,22);1H. The van der Waals surface area contributed by atoms with E-state index in [1.165, 1.54) is 0 Å². The molecular weight excluding hydrogens is 499 g/mol. The molecule has 0 aromatic carbocycles. The van der Waals surface area contributed by atoms with Crippen LogP contribution in [0.4, 0.5) is 0 Å². The molecule has 138 valence electrons. The zero-order valence-corrected chi connectivity index (χ0v) is 18.3. The van der Waals surface area contributed by atoms with Gasteiger partial charge in [0, 0.05) is 26.0 Å². The molecular formula is C15H19Cl3IN5O. The molecule has 0 radical (unpaired) electrons. The minimum Gasteiger partial charge on any atom is -0.475 e. The Morgan fingerprint density at radius 3 is 2.64 bits per heavy atom. The van der Waals surface area contributed by atoms with Gasteiger partial charge < -0.3 is 19.9 Å². The smallest absolute Gasteiger partial charge is 0.232 e. The highest BCUT2D eigenvalue weighted by Crippen LogP contribution is 2.24. The lowest BCUT2D eigenvalue weighted by atomic mass is 10.4. The Kier molecular flexibility index (Phi) is 9.70. The highest BCUT2D eigenvalue weighted by molar-refractivity contribution is 14.0. The molecule has 0 unspecified atom stereocenters. The van der Waals surface area contributed by atoms with Crippen molar-refractivity contribution in [2.75, 3.05) is 20.2 Å². The second-order valence-corrected chi connectivity index (χ2v) is 6.00. The highest BCUT2D eigenvalue weighted by Gasteiger charge is 2.09. The summed E-state index contributed by atoms with van der Waals surface area (Å²) in [6, 6.07) is 5.30. The summed E-state index contributed by atoms with van der Waals surface area (Å²) in [5.41, 5.74) is 0.949. The maximum absolute atomic E-state index is 6.05. The van der Waals surface area contributed by atoms with Crippen LogP contribution in [0.25, 0.3) is 0 Å². The van der Waals surface area contributed by atoms with Crippen molar-refractivity contribution in [2.24, 2.45) is 12.0 Å². The van der Waals surface area contributed by atoms with E-state index < -0.39 is 0 Å². The zero-order chi connectivity index (χ0) is 17.5. The molecule has 0 spiro atoms. The van der Waals surface area contributed by atoms with Gasteiger partial charge in [0.1, 0.15) is 16.8 Å². The van der Waals surface area contributed by atoms with Gasteiger partial charge in [-0.25, -0.2) is 4.98 Å². The third kappa shape index (κ3) is 6.40. The minimum atomic E-state index is 0. The first kappa shape index (κ1) is 22.1. The molecule has 2 heterocycles. The van der Waals surface area contributed by atoms with Gasteiger partial charge in [-0.05, 0) is 18.2 Å². The molecule has 2 aromatic heterocycles. The number of nitrogens with zero attached hydrogens (tertiary/aromatic N) is 3. The third-order valence-electron chi connectivity index (χ3n) is 3.23. The molecule has 0 aliphatic rings. The van der Waals surface area contributed by atoms with Crippen LogP contribution in [0.2, 0.25) is 15.2 Å². The van der Waals surface area contributed by atoms with Crippen LogP contribution in [-0.2, 0) is 13.6 Å². The molecule has 0 bridgehead atoms. The predicted octanol–water partition coefficient (Wildman–Crippen LogP) is 3.74. The summed E-state index contributed by atoms with van der Waals surface area (Å²) in [4.78, 5) is 8.20. The van der Waals surface area contributed by atoms with E-state index in [1.54, 1.807) is 25.4 Å². The van der Waals surface area contributed by atoms with Gasteiger partial charge in [0.15, 0.2) is 5.96 Å². The van der Waals surface area contributed by atoms with Crippen molar-refractivity contribution in [3.05, 3.63) is 45.3 Å². The van der Waals surface area contributed by atoms with E-state index in [4.69, 9.17) is 39.5 Å². The van der Waals surface area contributed by atoms with E-state index in [1.807, 2.05) is 17.7 Å². The average Bonchev–Trinajstić information content (AvgIpc) is 2.83. The predicted molar refractivity (Wildman–Crippen MR) is 114 cm³/mol. The van der Waals surface area contributed by atoms with E-state index in [2.05, 4.69) is 20.6 Å². The molecule has 0 fully saturated rings. The molecule has 0 atom stereocenters. The van der Waals surface area contributed by atoms with Crippen molar-refractivity contribution >= 4 is 64.7 Å². The van der Waals surface area contributed by atoms with E-state index in [0.29, 0.717) is 46.7 Å². The molecule has 6 nitrogen and oxygen atoms in total. The lowest BCUT2D eigenvalue weighted by Crippen LogP contribution is -2.39. The summed E-state index contributed by atoms with van der Waals surface area (Å²) >= 11 is 18.0. The third-order valence-corrected chi connectivity index (χ3v) is 4.36. The molecule has 0 saturated heterocycles. The fourth-order valence-electron chi connectivity index (χ4n) is 1.95. The first-order valence-corrected chi connectivity index (χ1v) is 8.33. The van der Waals surface area contributed by atoms with E-state index in [0.717, 1.165) is 5.69 Å². The summed E-state index contributed by atoms with van der Waals surface area (Å²) in [5, 5.41) is 7.84. The Morgan fingerprint density at radius 1 is 1.28 bits per heavy atom. The molecule has 0 aliphatic carbocycles. The normalized spacial score (nSPS) is 11.0. The van der Waals surface area contributed by atoms with Gasteiger partial charge in [-0.1, -0.05) is 34.8 Å². The zero-order valence-electron chi connectivity index (χ0n) is 13.7. The average molecular weight is 519 g/mol. The number of rotatable bonds is 6. The largest absolute Gasteiger partial charge is 0.475 e. The lowest BCUT2D eigenvalue weighted by Gasteiger charge is -2.13. The minimum absolute atomic E-state index is 0. The fourth-order valence-corrected chi connectivity index (χ4v) is 2.54. The topological polar surface area (TPSA) is 63.5 Å². The highest BCUT2D eigenvalue weighted by atomic mass is 127. The van der Waals surface area contributed by atoms with Gasteiger partial charge >= 0.3 is 0 Å². The number of pyridine rings is 1. The van der Waals surface area contributed by atoms with Gasteiger partial charge in [0.2, 0.25) is 5.88 Å². The van der Waals surface area contributed by atoms with E-state index >= 15 is 0 Å². The van der Waals surface area contributed by atoms with E-state index in [9.17, 15) is 0 Å². The van der Waals surface area contributed by atoms with Crippen molar-refractivity contribution in [2.45, 2.75) is 6.54 Å². The Morgan fingerprint density at radius 2 is 2.04 bits per heavy atom. The Labute approximate surface area is 178 Å². The fraction of sp³-hybridized carbons (Fsp3) is 0.333. The molecule has 2 N–H and O–H groups in total. The summed E-state index contributed by atoms with van der Waals surface area (Å²) in [7, 11) is 3.54. The van der Waals surface area contributed by atoms with Gasteiger partial charge in [-0.2, -0.15) is 0 Å². The number of hydrogen-bond acceptors (Lipinski definition) is 3. The van der Waals surface area contributed by atoms with Crippen LogP contribution in [-0.4, -0.2) is 35.7 Å². The maximum atomic E-state index is 6.05. The first-order chi connectivity index (χ1) is 11.5. The van der Waals surface area contributed by atoms with Crippen molar-refractivity contribution in [3.63, 3.8) is 0 Å². The maximum Gasteiger partial charge on any atom is 0.232 e. The van der Waals surface area contributed by atoms with Crippen LogP contribution < -0.4 is 15.4 Å². The van der Waals surface area contributed by atoms with Crippen molar-refractivity contribution < 1.29 is 4.74 Å². The Bertz CT molecular complexity index is 723. The molecule has 0 amide bonds. The van der Waals surface area contributed by atoms with Crippen LogP contribution in [0, 0.1) is 0 Å². The van der Waals surface area contributed by atoms with Crippen molar-refractivity contribution in [1.29, 1.82) is 0 Å². The monoisotopic (exact) mass is 517 g/mol.